The van der Waals surface area contributed by atoms with Gasteiger partial charge in [0.1, 0.15) is 0 Å². The minimum absolute atomic E-state index is 0.140. The van der Waals surface area contributed by atoms with Crippen molar-refractivity contribution in [3.8, 4) is 0 Å². The Bertz CT molecular complexity index is 273. The molecule has 3 N–H and O–H groups in total. The summed E-state index contributed by atoms with van der Waals surface area (Å²) >= 11 is 0. The van der Waals surface area contributed by atoms with Crippen LogP contribution in [0.5, 0.6) is 0 Å². The van der Waals surface area contributed by atoms with Gasteiger partial charge in [0.2, 0.25) is 0 Å². The summed E-state index contributed by atoms with van der Waals surface area (Å²) in [6, 6.07) is 0. The van der Waals surface area contributed by atoms with E-state index in [4.69, 9.17) is 15.9 Å². The van der Waals surface area contributed by atoms with Gasteiger partial charge >= 0.3 is 0 Å². The summed E-state index contributed by atoms with van der Waals surface area (Å²) in [5.41, 5.74) is 5.46. The molecule has 1 aliphatic rings. The fraction of sp³-hybridized carbons (Fsp3) is 0.933. The lowest BCUT2D eigenvalue weighted by molar-refractivity contribution is 0.0555. The highest BCUT2D eigenvalue weighted by molar-refractivity contribution is 5.82. The van der Waals surface area contributed by atoms with E-state index in [1.165, 1.54) is 25.8 Å². The highest BCUT2D eigenvalue weighted by Crippen LogP contribution is 2.23. The van der Waals surface area contributed by atoms with E-state index < -0.39 is 0 Å². The van der Waals surface area contributed by atoms with Gasteiger partial charge in [0.05, 0.1) is 5.84 Å². The highest BCUT2D eigenvalue weighted by atomic mass is 16.5. The van der Waals surface area contributed by atoms with E-state index in [2.05, 4.69) is 25.8 Å². The molecular weight excluding hydrogens is 238 g/mol. The molecule has 112 valence electrons. The molecule has 0 unspecified atom stereocenters. The Labute approximate surface area is 118 Å². The molecule has 0 bridgehead atoms. The van der Waals surface area contributed by atoms with Crippen molar-refractivity contribution in [1.82, 2.24) is 4.90 Å². The van der Waals surface area contributed by atoms with Crippen molar-refractivity contribution in [2.24, 2.45) is 17.1 Å². The van der Waals surface area contributed by atoms with Gasteiger partial charge in [0.15, 0.2) is 0 Å². The lowest BCUT2D eigenvalue weighted by Gasteiger charge is -2.27. The molecule has 0 aromatic heterocycles. The largest absolute Gasteiger partial charge is 0.387 e. The number of hydrogen-bond acceptors (Lipinski definition) is 3. The number of nitrogens with one attached hydrogen (secondary N) is 1. The predicted molar refractivity (Wildman–Crippen MR) is 80.6 cm³/mol. The maximum atomic E-state index is 7.54. The molecule has 4 nitrogen and oxygen atoms in total. The third-order valence-electron chi connectivity index (χ3n) is 4.23. The molecule has 0 spiro atoms. The van der Waals surface area contributed by atoms with E-state index in [1.54, 1.807) is 0 Å². The average molecular weight is 269 g/mol. The fourth-order valence-electron chi connectivity index (χ4n) is 2.54. The zero-order valence-electron chi connectivity index (χ0n) is 12.9. The second kappa shape index (κ2) is 7.85. The van der Waals surface area contributed by atoms with Crippen molar-refractivity contribution >= 4 is 5.84 Å². The Kier molecular flexibility index (Phi) is 6.80. The van der Waals surface area contributed by atoms with E-state index in [0.29, 0.717) is 5.84 Å². The van der Waals surface area contributed by atoms with Crippen LogP contribution in [0.4, 0.5) is 0 Å². The quantitative estimate of drug-likeness (QED) is 0.404. The first-order chi connectivity index (χ1) is 8.92. The summed E-state index contributed by atoms with van der Waals surface area (Å²) in [5.74, 6) is 1.12. The van der Waals surface area contributed by atoms with E-state index >= 15 is 0 Å². The minimum Gasteiger partial charge on any atom is -0.387 e. The van der Waals surface area contributed by atoms with Crippen LogP contribution in [-0.2, 0) is 4.74 Å². The number of amidine groups is 1. The van der Waals surface area contributed by atoms with Crippen LogP contribution in [-0.4, -0.2) is 44.1 Å². The van der Waals surface area contributed by atoms with Gasteiger partial charge in [0, 0.05) is 25.2 Å². The van der Waals surface area contributed by atoms with Gasteiger partial charge in [-0.2, -0.15) is 0 Å². The first-order valence-corrected chi connectivity index (χ1v) is 7.52. The van der Waals surface area contributed by atoms with E-state index in [0.717, 1.165) is 38.5 Å². The van der Waals surface area contributed by atoms with Gasteiger partial charge < -0.3 is 15.4 Å². The summed E-state index contributed by atoms with van der Waals surface area (Å²) in [5, 5.41) is 7.54. The van der Waals surface area contributed by atoms with Crippen LogP contribution in [0.3, 0.4) is 0 Å². The summed E-state index contributed by atoms with van der Waals surface area (Å²) in [4.78, 5) is 2.44. The van der Waals surface area contributed by atoms with Crippen molar-refractivity contribution in [3.05, 3.63) is 0 Å². The standard InChI is InChI=1S/C15H31N3O/c1-15(2,14(16)17)8-4-5-9-18(3)12-13-6-10-19-11-7-13/h13H,4-12H2,1-3H3,(H3,16,17). The molecule has 1 rings (SSSR count). The molecule has 0 radical (unpaired) electrons. The van der Waals surface area contributed by atoms with E-state index in [9.17, 15) is 0 Å². The number of hydrogen-bond donors (Lipinski definition) is 2. The first kappa shape index (κ1) is 16.4. The SMILES string of the molecule is CN(CCCCC(C)(C)C(=N)N)CC1CCOCC1. The van der Waals surface area contributed by atoms with Crippen molar-refractivity contribution < 1.29 is 4.74 Å². The predicted octanol–water partition coefficient (Wildman–Crippen LogP) is 2.48. The Hall–Kier alpha value is -0.610. The Balaban J connectivity index is 2.09. The third-order valence-corrected chi connectivity index (χ3v) is 4.23. The van der Waals surface area contributed by atoms with Crippen molar-refractivity contribution in [1.29, 1.82) is 5.41 Å². The van der Waals surface area contributed by atoms with Crippen LogP contribution in [0.2, 0.25) is 0 Å². The summed E-state index contributed by atoms with van der Waals surface area (Å²) < 4.78 is 5.39. The number of ether oxygens (including phenoxy) is 1. The molecule has 19 heavy (non-hydrogen) atoms. The molecule has 0 atom stereocenters. The zero-order valence-corrected chi connectivity index (χ0v) is 12.9. The summed E-state index contributed by atoms with van der Waals surface area (Å²) in [6.07, 6.45) is 5.76. The van der Waals surface area contributed by atoms with Crippen molar-refractivity contribution in [2.75, 3.05) is 33.4 Å². The van der Waals surface area contributed by atoms with Crippen LogP contribution < -0.4 is 5.73 Å². The molecular formula is C15H31N3O. The fourth-order valence-corrected chi connectivity index (χ4v) is 2.54. The Morgan fingerprint density at radius 3 is 2.53 bits per heavy atom. The number of nitrogens with zero attached hydrogens (tertiary/aromatic N) is 1. The van der Waals surface area contributed by atoms with Crippen molar-refractivity contribution in [2.45, 2.75) is 46.0 Å². The monoisotopic (exact) mass is 269 g/mol. The summed E-state index contributed by atoms with van der Waals surface area (Å²) in [7, 11) is 2.21. The molecule has 1 saturated heterocycles. The van der Waals surface area contributed by atoms with Gasteiger partial charge in [-0.1, -0.05) is 20.3 Å². The molecule has 0 aliphatic carbocycles. The first-order valence-electron chi connectivity index (χ1n) is 7.52. The maximum absolute atomic E-state index is 7.54. The zero-order chi connectivity index (χ0) is 14.3. The minimum atomic E-state index is -0.140. The van der Waals surface area contributed by atoms with Gasteiger partial charge in [0.25, 0.3) is 0 Å². The van der Waals surface area contributed by atoms with Crippen LogP contribution in [0, 0.1) is 16.7 Å². The van der Waals surface area contributed by atoms with Gasteiger partial charge in [-0.25, -0.2) is 0 Å². The Morgan fingerprint density at radius 2 is 1.95 bits per heavy atom. The van der Waals surface area contributed by atoms with Crippen LogP contribution in [0.15, 0.2) is 0 Å². The van der Waals surface area contributed by atoms with Gasteiger partial charge in [-0.3, -0.25) is 5.41 Å². The average Bonchev–Trinajstić information content (AvgIpc) is 2.36. The second-order valence-electron chi connectivity index (χ2n) is 6.57. The van der Waals surface area contributed by atoms with Crippen LogP contribution in [0.1, 0.15) is 46.0 Å². The smallest absolute Gasteiger partial charge is 0.0963 e. The normalized spacial score (nSPS) is 17.9. The Morgan fingerprint density at radius 1 is 1.32 bits per heavy atom. The lowest BCUT2D eigenvalue weighted by atomic mass is 9.86. The van der Waals surface area contributed by atoms with E-state index in [-0.39, 0.29) is 5.41 Å². The molecule has 1 aliphatic heterocycles. The lowest BCUT2D eigenvalue weighted by Crippen LogP contribution is -2.32. The topological polar surface area (TPSA) is 62.3 Å². The van der Waals surface area contributed by atoms with Gasteiger partial charge in [-0.05, 0) is 45.2 Å². The molecule has 0 saturated carbocycles. The van der Waals surface area contributed by atoms with Crippen LogP contribution >= 0.6 is 0 Å². The second-order valence-corrected chi connectivity index (χ2v) is 6.57. The van der Waals surface area contributed by atoms with E-state index in [1.807, 2.05) is 0 Å². The summed E-state index contributed by atoms with van der Waals surface area (Å²) in [6.45, 7) is 8.32. The van der Waals surface area contributed by atoms with Crippen LogP contribution in [0.25, 0.3) is 0 Å². The maximum Gasteiger partial charge on any atom is 0.0963 e. The molecule has 0 amide bonds. The third kappa shape index (κ3) is 6.39. The van der Waals surface area contributed by atoms with Crippen molar-refractivity contribution in [3.63, 3.8) is 0 Å². The molecule has 1 heterocycles. The number of rotatable bonds is 8. The van der Waals surface area contributed by atoms with Gasteiger partial charge in [-0.15, -0.1) is 0 Å². The molecule has 4 heteroatoms. The molecule has 0 aromatic carbocycles. The number of nitrogens with two attached hydrogens (primary N) is 1. The molecule has 0 aromatic rings. The molecule has 1 fully saturated rings. The number of unbranched alkanes of at least 4 members (excludes halogenated alkanes) is 1. The highest BCUT2D eigenvalue weighted by Gasteiger charge is 2.21.